The third kappa shape index (κ3) is 3.98. The van der Waals surface area contributed by atoms with Crippen LogP contribution in [-0.2, 0) is 11.3 Å². The lowest BCUT2D eigenvalue weighted by molar-refractivity contribution is -0.131. The van der Waals surface area contributed by atoms with Crippen molar-refractivity contribution in [3.63, 3.8) is 0 Å². The molecule has 156 valence electrons. The molecule has 0 spiro atoms. The molecule has 0 unspecified atom stereocenters. The van der Waals surface area contributed by atoms with Crippen LogP contribution in [0.3, 0.4) is 0 Å². The average Bonchev–Trinajstić information content (AvgIpc) is 2.91. The minimum absolute atomic E-state index is 0.0449. The summed E-state index contributed by atoms with van der Waals surface area (Å²) in [5.41, 5.74) is 1.20. The molecule has 3 aromatic rings. The van der Waals surface area contributed by atoms with Crippen LogP contribution in [-0.4, -0.2) is 52.4 Å². The second kappa shape index (κ2) is 8.52. The van der Waals surface area contributed by atoms with Crippen molar-refractivity contribution >= 4 is 22.9 Å². The first-order valence-electron chi connectivity index (χ1n) is 9.94. The summed E-state index contributed by atoms with van der Waals surface area (Å²) >= 11 is 0. The molecular formula is C22H22FN3O4. The topological polar surface area (TPSA) is 75.8 Å². The maximum Gasteiger partial charge on any atom is 0.419 e. The monoisotopic (exact) mass is 411 g/mol. The van der Waals surface area contributed by atoms with Crippen molar-refractivity contribution in [1.82, 2.24) is 14.4 Å². The fraction of sp³-hybridized carbons (Fsp3) is 0.318. The Morgan fingerprint density at radius 2 is 1.63 bits per heavy atom. The number of fused-ring (bicyclic) bond motifs is 1. The molecule has 2 aromatic carbocycles. The van der Waals surface area contributed by atoms with E-state index in [1.807, 2.05) is 6.07 Å². The quantitative estimate of drug-likeness (QED) is 0.661. The number of carbonyl (C=O) groups is 2. The number of hydrogen-bond donors (Lipinski definition) is 0. The van der Waals surface area contributed by atoms with Crippen LogP contribution in [0.4, 0.5) is 4.39 Å². The van der Waals surface area contributed by atoms with Crippen LogP contribution in [0.1, 0.15) is 23.2 Å². The van der Waals surface area contributed by atoms with Gasteiger partial charge in [-0.05, 0) is 30.7 Å². The highest BCUT2D eigenvalue weighted by Crippen LogP contribution is 2.15. The van der Waals surface area contributed by atoms with Gasteiger partial charge in [0.1, 0.15) is 5.82 Å². The number of benzene rings is 2. The maximum absolute atomic E-state index is 13.9. The van der Waals surface area contributed by atoms with Crippen molar-refractivity contribution in [3.8, 4) is 0 Å². The lowest BCUT2D eigenvalue weighted by atomic mass is 10.2. The molecule has 2 amide bonds. The Labute approximate surface area is 172 Å². The number of hydrogen-bond acceptors (Lipinski definition) is 4. The first kappa shape index (κ1) is 19.9. The highest BCUT2D eigenvalue weighted by molar-refractivity contribution is 5.94. The van der Waals surface area contributed by atoms with Gasteiger partial charge in [-0.1, -0.05) is 24.3 Å². The molecule has 30 heavy (non-hydrogen) atoms. The second-order valence-electron chi connectivity index (χ2n) is 7.24. The van der Waals surface area contributed by atoms with Gasteiger partial charge in [0.05, 0.1) is 11.1 Å². The largest absolute Gasteiger partial charge is 0.419 e. The summed E-state index contributed by atoms with van der Waals surface area (Å²) in [6.07, 6.45) is 0.769. The van der Waals surface area contributed by atoms with Gasteiger partial charge in [-0.15, -0.1) is 0 Å². The number of aromatic nitrogens is 1. The van der Waals surface area contributed by atoms with Crippen molar-refractivity contribution in [3.05, 3.63) is 70.5 Å². The summed E-state index contributed by atoms with van der Waals surface area (Å²) in [7, 11) is 0. The summed E-state index contributed by atoms with van der Waals surface area (Å²) in [4.78, 5) is 40.7. The van der Waals surface area contributed by atoms with Crippen molar-refractivity contribution in [2.45, 2.75) is 19.4 Å². The molecule has 0 N–H and O–H groups in total. The molecular weight excluding hydrogens is 389 g/mol. The van der Waals surface area contributed by atoms with E-state index in [9.17, 15) is 18.8 Å². The first-order valence-corrected chi connectivity index (χ1v) is 9.94. The van der Waals surface area contributed by atoms with Gasteiger partial charge in [0.25, 0.3) is 5.91 Å². The van der Waals surface area contributed by atoms with E-state index >= 15 is 0 Å². The Balaban J connectivity index is 1.38. The van der Waals surface area contributed by atoms with Gasteiger partial charge in [-0.3, -0.25) is 14.2 Å². The highest BCUT2D eigenvalue weighted by Gasteiger charge is 2.24. The van der Waals surface area contributed by atoms with Gasteiger partial charge in [-0.2, -0.15) is 0 Å². The Morgan fingerprint density at radius 3 is 2.47 bits per heavy atom. The number of aryl methyl sites for hydroxylation is 1. The van der Waals surface area contributed by atoms with E-state index in [-0.39, 0.29) is 30.3 Å². The molecule has 0 radical (unpaired) electrons. The Morgan fingerprint density at radius 1 is 0.933 bits per heavy atom. The van der Waals surface area contributed by atoms with Gasteiger partial charge in [0, 0.05) is 39.1 Å². The third-order valence-electron chi connectivity index (χ3n) is 5.36. The minimum Gasteiger partial charge on any atom is -0.408 e. The standard InChI is InChI=1S/C22H22FN3O4/c23-17-7-2-1-6-16(17)21(28)25-12-5-11-24(14-15-25)20(27)10-13-26-18-8-3-4-9-19(18)30-22(26)29/h1-4,6-9H,5,10-15H2. The van der Waals surface area contributed by atoms with Crippen LogP contribution in [0, 0.1) is 5.82 Å². The number of amides is 2. The van der Waals surface area contributed by atoms with Crippen molar-refractivity contribution in [2.24, 2.45) is 0 Å². The molecule has 1 saturated heterocycles. The number of oxazole rings is 1. The van der Waals surface area contributed by atoms with Crippen LogP contribution < -0.4 is 5.76 Å². The van der Waals surface area contributed by atoms with Crippen LogP contribution >= 0.6 is 0 Å². The smallest absolute Gasteiger partial charge is 0.408 e. The van der Waals surface area contributed by atoms with E-state index in [1.165, 1.54) is 16.7 Å². The SMILES string of the molecule is O=C(CCn1c(=O)oc2ccccc21)N1CCCN(C(=O)c2ccccc2F)CC1. The zero-order chi connectivity index (χ0) is 21.1. The van der Waals surface area contributed by atoms with Crippen LogP contribution in [0.15, 0.2) is 57.7 Å². The summed E-state index contributed by atoms with van der Waals surface area (Å²) < 4.78 is 20.6. The Kier molecular flexibility index (Phi) is 5.65. The van der Waals surface area contributed by atoms with Gasteiger partial charge >= 0.3 is 5.76 Å². The van der Waals surface area contributed by atoms with Gasteiger partial charge < -0.3 is 14.2 Å². The zero-order valence-corrected chi connectivity index (χ0v) is 16.4. The summed E-state index contributed by atoms with van der Waals surface area (Å²) in [6.45, 7) is 1.92. The van der Waals surface area contributed by atoms with Gasteiger partial charge in [0.2, 0.25) is 5.91 Å². The summed E-state index contributed by atoms with van der Waals surface area (Å²) in [5.74, 6) is -1.48. The first-order chi connectivity index (χ1) is 14.5. The maximum atomic E-state index is 13.9. The lowest BCUT2D eigenvalue weighted by Gasteiger charge is -2.22. The molecule has 0 atom stereocenters. The molecule has 4 rings (SSSR count). The number of nitrogens with zero attached hydrogens (tertiary/aromatic N) is 3. The Hall–Kier alpha value is -3.42. The van der Waals surface area contributed by atoms with E-state index < -0.39 is 11.6 Å². The Bertz CT molecular complexity index is 1140. The van der Waals surface area contributed by atoms with E-state index in [0.29, 0.717) is 43.7 Å². The van der Waals surface area contributed by atoms with E-state index in [1.54, 1.807) is 40.1 Å². The average molecular weight is 411 g/mol. The lowest BCUT2D eigenvalue weighted by Crippen LogP contribution is -2.38. The van der Waals surface area contributed by atoms with Crippen molar-refractivity contribution < 1.29 is 18.4 Å². The molecule has 7 nitrogen and oxygen atoms in total. The zero-order valence-electron chi connectivity index (χ0n) is 16.4. The molecule has 2 heterocycles. The van der Waals surface area contributed by atoms with Gasteiger partial charge in [-0.25, -0.2) is 9.18 Å². The van der Waals surface area contributed by atoms with E-state index in [4.69, 9.17) is 4.42 Å². The minimum atomic E-state index is -0.544. The van der Waals surface area contributed by atoms with Crippen LogP contribution in [0.2, 0.25) is 0 Å². The molecule has 1 fully saturated rings. The fourth-order valence-electron chi connectivity index (χ4n) is 3.77. The number of carbonyl (C=O) groups excluding carboxylic acids is 2. The summed E-state index contributed by atoms with van der Waals surface area (Å²) in [6, 6.07) is 13.0. The van der Waals surface area contributed by atoms with Crippen molar-refractivity contribution in [2.75, 3.05) is 26.2 Å². The van der Waals surface area contributed by atoms with Crippen LogP contribution in [0.25, 0.3) is 11.1 Å². The molecule has 1 aliphatic heterocycles. The molecule has 1 aliphatic rings. The van der Waals surface area contributed by atoms with Crippen LogP contribution in [0.5, 0.6) is 0 Å². The second-order valence-corrected chi connectivity index (χ2v) is 7.24. The normalized spacial score (nSPS) is 14.7. The number of rotatable bonds is 4. The van der Waals surface area contributed by atoms with E-state index in [2.05, 4.69) is 0 Å². The molecule has 0 saturated carbocycles. The fourth-order valence-corrected chi connectivity index (χ4v) is 3.77. The summed E-state index contributed by atoms with van der Waals surface area (Å²) in [5, 5.41) is 0. The molecule has 1 aromatic heterocycles. The number of para-hydroxylation sites is 2. The third-order valence-corrected chi connectivity index (χ3v) is 5.36. The number of halogens is 1. The van der Waals surface area contributed by atoms with Crippen molar-refractivity contribution in [1.29, 1.82) is 0 Å². The highest BCUT2D eigenvalue weighted by atomic mass is 19.1. The van der Waals surface area contributed by atoms with Gasteiger partial charge in [0.15, 0.2) is 5.58 Å². The molecule has 0 aliphatic carbocycles. The molecule has 8 heteroatoms. The van der Waals surface area contributed by atoms with E-state index in [0.717, 1.165) is 0 Å². The molecule has 0 bridgehead atoms. The predicted molar refractivity (Wildman–Crippen MR) is 109 cm³/mol. The predicted octanol–water partition coefficient (Wildman–Crippen LogP) is 2.50.